The van der Waals surface area contributed by atoms with Gasteiger partial charge in [-0.05, 0) is 26.0 Å². The van der Waals surface area contributed by atoms with Crippen LogP contribution in [0, 0.1) is 6.92 Å². The van der Waals surface area contributed by atoms with E-state index in [1.165, 1.54) is 0 Å². The molecule has 1 atom stereocenters. The Hall–Kier alpha value is -2.27. The molecule has 0 bridgehead atoms. The van der Waals surface area contributed by atoms with E-state index in [0.29, 0.717) is 0 Å². The Morgan fingerprint density at radius 3 is 3.00 bits per heavy atom. The summed E-state index contributed by atoms with van der Waals surface area (Å²) in [5.74, 6) is 0. The normalized spacial score (nSPS) is 12.7. The zero-order chi connectivity index (χ0) is 13.9. The molecule has 0 amide bonds. The van der Waals surface area contributed by atoms with E-state index < -0.39 is 0 Å². The van der Waals surface area contributed by atoms with Crippen LogP contribution < -0.4 is 5.32 Å². The van der Waals surface area contributed by atoms with Crippen LogP contribution in [0.25, 0.3) is 5.65 Å². The molecule has 0 saturated heterocycles. The minimum atomic E-state index is 0.200. The predicted octanol–water partition coefficient (Wildman–Crippen LogP) is 2.28. The van der Waals surface area contributed by atoms with Crippen LogP contribution in [0.1, 0.15) is 29.9 Å². The van der Waals surface area contributed by atoms with Crippen molar-refractivity contribution in [3.05, 3.63) is 59.8 Å². The number of rotatable bonds is 4. The van der Waals surface area contributed by atoms with Crippen molar-refractivity contribution in [1.29, 1.82) is 0 Å². The van der Waals surface area contributed by atoms with Crippen LogP contribution >= 0.6 is 0 Å². The lowest BCUT2D eigenvalue weighted by Gasteiger charge is -2.13. The summed E-state index contributed by atoms with van der Waals surface area (Å²) < 4.78 is 1.82. The lowest BCUT2D eigenvalue weighted by molar-refractivity contribution is 0.559. The summed E-state index contributed by atoms with van der Waals surface area (Å²) in [6.45, 7) is 4.81. The first kappa shape index (κ1) is 12.7. The van der Waals surface area contributed by atoms with E-state index in [4.69, 9.17) is 0 Å². The number of fused-ring (bicyclic) bond motifs is 1. The first-order chi connectivity index (χ1) is 9.72. The first-order valence-corrected chi connectivity index (χ1v) is 6.67. The van der Waals surface area contributed by atoms with Crippen molar-refractivity contribution in [3.63, 3.8) is 0 Å². The molecule has 1 unspecified atom stereocenters. The Morgan fingerprint density at radius 1 is 1.30 bits per heavy atom. The van der Waals surface area contributed by atoms with Crippen molar-refractivity contribution in [3.8, 4) is 0 Å². The molecule has 3 heterocycles. The molecule has 0 aromatic carbocycles. The van der Waals surface area contributed by atoms with Gasteiger partial charge in [-0.1, -0.05) is 6.07 Å². The van der Waals surface area contributed by atoms with E-state index in [1.807, 2.05) is 54.3 Å². The molecule has 0 aliphatic carbocycles. The number of nitrogens with zero attached hydrogens (tertiary/aromatic N) is 4. The Balaban J connectivity index is 1.70. The van der Waals surface area contributed by atoms with Gasteiger partial charge < -0.3 is 5.32 Å². The third-order valence-electron chi connectivity index (χ3n) is 3.23. The van der Waals surface area contributed by atoms with Crippen molar-refractivity contribution in [1.82, 2.24) is 24.9 Å². The first-order valence-electron chi connectivity index (χ1n) is 6.67. The van der Waals surface area contributed by atoms with Gasteiger partial charge in [0, 0.05) is 42.8 Å². The molecule has 0 spiro atoms. The third kappa shape index (κ3) is 2.67. The molecule has 5 heteroatoms. The van der Waals surface area contributed by atoms with Gasteiger partial charge in [0.1, 0.15) is 0 Å². The minimum absolute atomic E-state index is 0.200. The number of hydrogen-bond acceptors (Lipinski definition) is 4. The van der Waals surface area contributed by atoms with Gasteiger partial charge in [0.2, 0.25) is 0 Å². The Bertz CT molecular complexity index is 705. The summed E-state index contributed by atoms with van der Waals surface area (Å²) in [6.07, 6.45) is 5.70. The predicted molar refractivity (Wildman–Crippen MR) is 77.2 cm³/mol. The van der Waals surface area contributed by atoms with E-state index in [1.54, 1.807) is 0 Å². The van der Waals surface area contributed by atoms with Gasteiger partial charge in [-0.15, -0.1) is 0 Å². The fraction of sp³-hybridized carbons (Fsp3) is 0.267. The molecule has 1 N–H and O–H groups in total. The van der Waals surface area contributed by atoms with Crippen molar-refractivity contribution >= 4 is 5.65 Å². The summed E-state index contributed by atoms with van der Waals surface area (Å²) in [6, 6.07) is 8.12. The van der Waals surface area contributed by atoms with Gasteiger partial charge in [-0.25, -0.2) is 9.50 Å². The molecule has 102 valence electrons. The van der Waals surface area contributed by atoms with E-state index in [0.717, 1.165) is 29.1 Å². The van der Waals surface area contributed by atoms with E-state index in [2.05, 4.69) is 27.3 Å². The molecule has 0 saturated carbocycles. The zero-order valence-electron chi connectivity index (χ0n) is 11.6. The highest BCUT2D eigenvalue weighted by atomic mass is 15.2. The second kappa shape index (κ2) is 5.38. The van der Waals surface area contributed by atoms with Crippen LogP contribution in [0.5, 0.6) is 0 Å². The number of hydrogen-bond donors (Lipinski definition) is 1. The Kier molecular flexibility index (Phi) is 3.43. The Labute approximate surface area is 117 Å². The van der Waals surface area contributed by atoms with Crippen LogP contribution in [-0.2, 0) is 6.54 Å². The average Bonchev–Trinajstić information content (AvgIpc) is 2.85. The molecule has 0 fully saturated rings. The maximum Gasteiger partial charge on any atom is 0.155 e. The second-order valence-corrected chi connectivity index (χ2v) is 4.91. The highest BCUT2D eigenvalue weighted by Crippen LogP contribution is 2.10. The molecule has 0 aliphatic rings. The van der Waals surface area contributed by atoms with Crippen molar-refractivity contribution in [2.24, 2.45) is 0 Å². The number of nitrogens with one attached hydrogen (secondary N) is 1. The van der Waals surface area contributed by atoms with Gasteiger partial charge in [0.25, 0.3) is 0 Å². The summed E-state index contributed by atoms with van der Waals surface area (Å²) >= 11 is 0. The topological polar surface area (TPSA) is 55.1 Å². The van der Waals surface area contributed by atoms with Gasteiger partial charge in [-0.2, -0.15) is 5.10 Å². The zero-order valence-corrected chi connectivity index (χ0v) is 11.6. The summed E-state index contributed by atoms with van der Waals surface area (Å²) in [5, 5.41) is 7.82. The van der Waals surface area contributed by atoms with Crippen LogP contribution in [0.15, 0.2) is 42.9 Å². The molecule has 0 aliphatic heterocycles. The standard InChI is InChI=1S/C15H17N5/c1-11-7-15-18-9-13(10-20(15)19-11)8-17-12(2)14-5-3-4-6-16-14/h3-7,9-10,12,17H,8H2,1-2H3. The van der Waals surface area contributed by atoms with Crippen molar-refractivity contribution in [2.45, 2.75) is 26.4 Å². The van der Waals surface area contributed by atoms with Crippen LogP contribution in [0.2, 0.25) is 0 Å². The highest BCUT2D eigenvalue weighted by Gasteiger charge is 2.06. The summed E-state index contributed by atoms with van der Waals surface area (Å²) in [7, 11) is 0. The molecule has 5 nitrogen and oxygen atoms in total. The molecule has 3 rings (SSSR count). The lowest BCUT2D eigenvalue weighted by atomic mass is 10.2. The molecule has 3 aromatic heterocycles. The third-order valence-corrected chi connectivity index (χ3v) is 3.23. The van der Waals surface area contributed by atoms with E-state index in [9.17, 15) is 0 Å². The maximum absolute atomic E-state index is 4.40. The quantitative estimate of drug-likeness (QED) is 0.788. The summed E-state index contributed by atoms with van der Waals surface area (Å²) in [4.78, 5) is 8.75. The highest BCUT2D eigenvalue weighted by molar-refractivity contribution is 5.38. The van der Waals surface area contributed by atoms with E-state index >= 15 is 0 Å². The monoisotopic (exact) mass is 267 g/mol. The number of aryl methyl sites for hydroxylation is 1. The number of pyridine rings is 1. The van der Waals surface area contributed by atoms with E-state index in [-0.39, 0.29) is 6.04 Å². The lowest BCUT2D eigenvalue weighted by Crippen LogP contribution is -2.19. The molecule has 3 aromatic rings. The summed E-state index contributed by atoms with van der Waals surface area (Å²) in [5.41, 5.74) is 3.99. The molecule has 0 radical (unpaired) electrons. The smallest absolute Gasteiger partial charge is 0.155 e. The van der Waals surface area contributed by atoms with Crippen LogP contribution in [0.3, 0.4) is 0 Å². The maximum atomic E-state index is 4.40. The largest absolute Gasteiger partial charge is 0.305 e. The molecular formula is C15H17N5. The van der Waals surface area contributed by atoms with Crippen molar-refractivity contribution in [2.75, 3.05) is 0 Å². The Morgan fingerprint density at radius 2 is 2.20 bits per heavy atom. The van der Waals surface area contributed by atoms with Crippen molar-refractivity contribution < 1.29 is 0 Å². The second-order valence-electron chi connectivity index (χ2n) is 4.91. The van der Waals surface area contributed by atoms with Gasteiger partial charge in [-0.3, -0.25) is 4.98 Å². The van der Waals surface area contributed by atoms with Crippen LogP contribution in [-0.4, -0.2) is 19.6 Å². The SMILES string of the molecule is Cc1cc2ncc(CNC(C)c3ccccn3)cn2n1. The van der Waals surface area contributed by atoms with Gasteiger partial charge in [0.05, 0.1) is 11.4 Å². The fourth-order valence-electron chi connectivity index (χ4n) is 2.13. The minimum Gasteiger partial charge on any atom is -0.305 e. The van der Waals surface area contributed by atoms with Crippen LogP contribution in [0.4, 0.5) is 0 Å². The fourth-order valence-corrected chi connectivity index (χ4v) is 2.13. The number of aromatic nitrogens is 4. The molecule has 20 heavy (non-hydrogen) atoms. The molecular weight excluding hydrogens is 250 g/mol. The van der Waals surface area contributed by atoms with Gasteiger partial charge in [0.15, 0.2) is 5.65 Å². The van der Waals surface area contributed by atoms with Gasteiger partial charge >= 0.3 is 0 Å². The average molecular weight is 267 g/mol.